The van der Waals surface area contributed by atoms with Gasteiger partial charge in [0, 0.05) is 19.2 Å². The standard InChI is InChI=1S/C12H17BrN2O3/c1-8(2)11(16)7-14-6-9-4-3-5-10(12(9)13)15(17)18/h3-5,8,11,14,16H,6-7H2,1-2H3. The second kappa shape index (κ2) is 6.82. The van der Waals surface area contributed by atoms with E-state index >= 15 is 0 Å². The van der Waals surface area contributed by atoms with E-state index in [0.29, 0.717) is 17.6 Å². The molecule has 0 amide bonds. The van der Waals surface area contributed by atoms with E-state index in [1.807, 2.05) is 19.9 Å². The lowest BCUT2D eigenvalue weighted by Crippen LogP contribution is -2.30. The van der Waals surface area contributed by atoms with Crippen molar-refractivity contribution in [3.8, 4) is 0 Å². The van der Waals surface area contributed by atoms with Gasteiger partial charge in [-0.2, -0.15) is 0 Å². The second-order valence-electron chi connectivity index (χ2n) is 4.45. The fourth-order valence-electron chi connectivity index (χ4n) is 1.43. The van der Waals surface area contributed by atoms with Gasteiger partial charge in [-0.15, -0.1) is 0 Å². The van der Waals surface area contributed by atoms with Crippen LogP contribution in [0, 0.1) is 16.0 Å². The third-order valence-electron chi connectivity index (χ3n) is 2.69. The smallest absolute Gasteiger partial charge is 0.283 e. The summed E-state index contributed by atoms with van der Waals surface area (Å²) < 4.78 is 0.488. The Morgan fingerprint density at radius 3 is 2.72 bits per heavy atom. The zero-order valence-corrected chi connectivity index (χ0v) is 12.0. The van der Waals surface area contributed by atoms with E-state index in [-0.39, 0.29) is 11.6 Å². The molecule has 6 heteroatoms. The van der Waals surface area contributed by atoms with Gasteiger partial charge in [0.15, 0.2) is 0 Å². The molecule has 1 atom stereocenters. The predicted molar refractivity (Wildman–Crippen MR) is 73.3 cm³/mol. The lowest BCUT2D eigenvalue weighted by atomic mass is 10.1. The minimum atomic E-state index is -0.420. The molecule has 0 aliphatic heterocycles. The third kappa shape index (κ3) is 4.04. The van der Waals surface area contributed by atoms with Crippen LogP contribution in [-0.4, -0.2) is 22.7 Å². The molecule has 0 aliphatic rings. The highest BCUT2D eigenvalue weighted by molar-refractivity contribution is 9.10. The maximum atomic E-state index is 10.8. The van der Waals surface area contributed by atoms with Gasteiger partial charge in [0.05, 0.1) is 15.5 Å². The van der Waals surface area contributed by atoms with Gasteiger partial charge < -0.3 is 10.4 Å². The Balaban J connectivity index is 2.63. The average molecular weight is 317 g/mol. The maximum absolute atomic E-state index is 10.8. The Hall–Kier alpha value is -0.980. The van der Waals surface area contributed by atoms with Gasteiger partial charge >= 0.3 is 0 Å². The van der Waals surface area contributed by atoms with Crippen LogP contribution in [0.15, 0.2) is 22.7 Å². The molecule has 0 bridgehead atoms. The minimum absolute atomic E-state index is 0.0544. The summed E-state index contributed by atoms with van der Waals surface area (Å²) in [5.41, 5.74) is 0.860. The molecule has 1 rings (SSSR count). The Bertz CT molecular complexity index is 424. The number of nitro benzene ring substituents is 1. The van der Waals surface area contributed by atoms with Gasteiger partial charge in [0.1, 0.15) is 0 Å². The Labute approximate surface area is 114 Å². The van der Waals surface area contributed by atoms with Crippen LogP contribution >= 0.6 is 15.9 Å². The van der Waals surface area contributed by atoms with Crippen LogP contribution in [0.2, 0.25) is 0 Å². The van der Waals surface area contributed by atoms with Crippen molar-refractivity contribution in [2.75, 3.05) is 6.54 Å². The maximum Gasteiger partial charge on any atom is 0.283 e. The average Bonchev–Trinajstić information content (AvgIpc) is 2.30. The number of nitrogens with one attached hydrogen (secondary N) is 1. The van der Waals surface area contributed by atoms with Crippen molar-refractivity contribution in [2.45, 2.75) is 26.5 Å². The summed E-state index contributed by atoms with van der Waals surface area (Å²) >= 11 is 3.23. The van der Waals surface area contributed by atoms with Crippen molar-refractivity contribution in [1.82, 2.24) is 5.32 Å². The molecule has 0 spiro atoms. The molecule has 18 heavy (non-hydrogen) atoms. The lowest BCUT2D eigenvalue weighted by molar-refractivity contribution is -0.385. The summed E-state index contributed by atoms with van der Waals surface area (Å²) in [6.07, 6.45) is -0.414. The summed E-state index contributed by atoms with van der Waals surface area (Å²) in [7, 11) is 0. The molecule has 1 aromatic rings. The summed E-state index contributed by atoms with van der Waals surface area (Å²) in [6.45, 7) is 4.82. The van der Waals surface area contributed by atoms with E-state index in [4.69, 9.17) is 0 Å². The number of aliphatic hydroxyl groups excluding tert-OH is 1. The van der Waals surface area contributed by atoms with Crippen LogP contribution in [-0.2, 0) is 6.54 Å². The van der Waals surface area contributed by atoms with Crippen molar-refractivity contribution in [3.05, 3.63) is 38.3 Å². The molecule has 0 fully saturated rings. The molecule has 0 aromatic heterocycles. The SMILES string of the molecule is CC(C)C(O)CNCc1cccc([N+](=O)[O-])c1Br. The summed E-state index contributed by atoms with van der Waals surface area (Å²) in [5.74, 6) is 0.186. The van der Waals surface area contributed by atoms with Crippen LogP contribution in [0.5, 0.6) is 0 Å². The third-order valence-corrected chi connectivity index (χ3v) is 3.61. The molecule has 1 aromatic carbocycles. The van der Waals surface area contributed by atoms with Crippen molar-refractivity contribution in [3.63, 3.8) is 0 Å². The van der Waals surface area contributed by atoms with Crippen molar-refractivity contribution < 1.29 is 10.0 Å². The van der Waals surface area contributed by atoms with Gasteiger partial charge in [0.2, 0.25) is 0 Å². The zero-order valence-electron chi connectivity index (χ0n) is 10.4. The first-order valence-electron chi connectivity index (χ1n) is 5.74. The first-order chi connectivity index (χ1) is 8.43. The van der Waals surface area contributed by atoms with E-state index in [1.165, 1.54) is 6.07 Å². The van der Waals surface area contributed by atoms with E-state index in [0.717, 1.165) is 5.56 Å². The molecule has 2 N–H and O–H groups in total. The van der Waals surface area contributed by atoms with Gasteiger partial charge in [0.25, 0.3) is 5.69 Å². The van der Waals surface area contributed by atoms with Crippen molar-refractivity contribution in [1.29, 1.82) is 0 Å². The molecule has 0 saturated carbocycles. The number of rotatable bonds is 6. The van der Waals surface area contributed by atoms with E-state index in [9.17, 15) is 15.2 Å². The topological polar surface area (TPSA) is 75.4 Å². The normalized spacial score (nSPS) is 12.7. The largest absolute Gasteiger partial charge is 0.392 e. The number of aliphatic hydroxyl groups is 1. The van der Waals surface area contributed by atoms with Crippen LogP contribution in [0.25, 0.3) is 0 Å². The fourth-order valence-corrected chi connectivity index (χ4v) is 1.98. The van der Waals surface area contributed by atoms with Crippen molar-refractivity contribution in [2.24, 2.45) is 5.92 Å². The quantitative estimate of drug-likeness (QED) is 0.624. The van der Waals surface area contributed by atoms with E-state index in [1.54, 1.807) is 6.07 Å². The Kier molecular flexibility index (Phi) is 5.71. The molecule has 100 valence electrons. The highest BCUT2D eigenvalue weighted by atomic mass is 79.9. The van der Waals surface area contributed by atoms with Gasteiger partial charge in [-0.3, -0.25) is 10.1 Å². The number of benzene rings is 1. The Morgan fingerprint density at radius 1 is 1.50 bits per heavy atom. The highest BCUT2D eigenvalue weighted by Gasteiger charge is 2.15. The van der Waals surface area contributed by atoms with Crippen LogP contribution in [0.4, 0.5) is 5.69 Å². The molecule has 0 heterocycles. The number of nitro groups is 1. The van der Waals surface area contributed by atoms with E-state index < -0.39 is 11.0 Å². The summed E-state index contributed by atoms with van der Waals surface area (Å²) in [6, 6.07) is 4.92. The lowest BCUT2D eigenvalue weighted by Gasteiger charge is -2.15. The highest BCUT2D eigenvalue weighted by Crippen LogP contribution is 2.28. The second-order valence-corrected chi connectivity index (χ2v) is 5.24. The molecule has 0 saturated heterocycles. The van der Waals surface area contributed by atoms with Crippen LogP contribution in [0.1, 0.15) is 19.4 Å². The molecular weight excluding hydrogens is 300 g/mol. The van der Waals surface area contributed by atoms with Gasteiger partial charge in [-0.25, -0.2) is 0 Å². The molecule has 5 nitrogen and oxygen atoms in total. The first-order valence-corrected chi connectivity index (χ1v) is 6.53. The van der Waals surface area contributed by atoms with Crippen molar-refractivity contribution >= 4 is 21.6 Å². The number of hydrogen-bond donors (Lipinski definition) is 2. The monoisotopic (exact) mass is 316 g/mol. The van der Waals surface area contributed by atoms with Crippen LogP contribution in [0.3, 0.4) is 0 Å². The van der Waals surface area contributed by atoms with Crippen LogP contribution < -0.4 is 5.32 Å². The number of hydrogen-bond acceptors (Lipinski definition) is 4. The molecule has 0 aliphatic carbocycles. The summed E-state index contributed by atoms with van der Waals surface area (Å²) in [5, 5.41) is 23.5. The van der Waals surface area contributed by atoms with Gasteiger partial charge in [-0.05, 0) is 27.4 Å². The van der Waals surface area contributed by atoms with Gasteiger partial charge in [-0.1, -0.05) is 26.0 Å². The minimum Gasteiger partial charge on any atom is -0.392 e. The fraction of sp³-hybridized carbons (Fsp3) is 0.500. The summed E-state index contributed by atoms with van der Waals surface area (Å²) in [4.78, 5) is 10.3. The molecular formula is C12H17BrN2O3. The van der Waals surface area contributed by atoms with E-state index in [2.05, 4.69) is 21.2 Å². The Morgan fingerprint density at radius 2 is 2.17 bits per heavy atom. The number of halogens is 1. The molecule has 1 unspecified atom stereocenters. The predicted octanol–water partition coefficient (Wildman–Crippen LogP) is 2.46. The number of nitrogens with zero attached hydrogens (tertiary/aromatic N) is 1. The first kappa shape index (κ1) is 15.1. The molecule has 0 radical (unpaired) electrons. The zero-order chi connectivity index (χ0) is 13.7.